The third-order valence-corrected chi connectivity index (χ3v) is 3.88. The van der Waals surface area contributed by atoms with Gasteiger partial charge in [-0.2, -0.15) is 4.98 Å². The maximum absolute atomic E-state index is 5.92. The minimum absolute atomic E-state index is 0.504. The van der Waals surface area contributed by atoms with Crippen LogP contribution < -0.4 is 5.32 Å². The molecule has 0 radical (unpaired) electrons. The molecule has 2 aromatic rings. The van der Waals surface area contributed by atoms with Crippen molar-refractivity contribution in [1.82, 2.24) is 14.6 Å². The van der Waals surface area contributed by atoms with Crippen LogP contribution in [0.25, 0.3) is 5.65 Å². The van der Waals surface area contributed by atoms with Gasteiger partial charge in [0.25, 0.3) is 0 Å². The summed E-state index contributed by atoms with van der Waals surface area (Å²) in [6, 6.07) is 3.70. The normalized spacial score (nSPS) is 17.0. The summed E-state index contributed by atoms with van der Waals surface area (Å²) in [4.78, 5) is 4.43. The Kier molecular flexibility index (Phi) is 2.90. The summed E-state index contributed by atoms with van der Waals surface area (Å²) in [5.74, 6) is 0.694. The van der Waals surface area contributed by atoms with E-state index in [1.54, 1.807) is 10.7 Å². The topological polar surface area (TPSA) is 42.2 Å². The van der Waals surface area contributed by atoms with Gasteiger partial charge in [0.15, 0.2) is 5.65 Å². The molecule has 0 spiro atoms. The molecular formula is C13H17ClN4. The summed E-state index contributed by atoms with van der Waals surface area (Å²) in [5, 5.41) is 8.40. The third-order valence-electron chi connectivity index (χ3n) is 3.65. The number of fused-ring (bicyclic) bond motifs is 1. The van der Waals surface area contributed by atoms with Crippen molar-refractivity contribution in [2.24, 2.45) is 5.41 Å². The zero-order valence-corrected chi connectivity index (χ0v) is 11.2. The third kappa shape index (κ3) is 2.29. The smallest absolute Gasteiger partial charge is 0.243 e. The predicted octanol–water partition coefficient (Wildman–Crippen LogP) is 3.37. The van der Waals surface area contributed by atoms with E-state index < -0.39 is 0 Å². The zero-order valence-electron chi connectivity index (χ0n) is 10.5. The fourth-order valence-corrected chi connectivity index (χ4v) is 2.58. The molecule has 1 fully saturated rings. The average Bonchev–Trinajstić information content (AvgIpc) is 2.99. The Hall–Kier alpha value is -1.29. The van der Waals surface area contributed by atoms with Gasteiger partial charge in [-0.1, -0.05) is 24.9 Å². The number of halogens is 1. The first-order valence-corrected chi connectivity index (χ1v) is 6.84. The fraction of sp³-hybridized carbons (Fsp3) is 0.538. The van der Waals surface area contributed by atoms with Gasteiger partial charge in [0.1, 0.15) is 0 Å². The van der Waals surface area contributed by atoms with Gasteiger partial charge in [0, 0.05) is 12.7 Å². The van der Waals surface area contributed by atoms with Gasteiger partial charge in [-0.05, 0) is 36.8 Å². The van der Waals surface area contributed by atoms with E-state index in [0.717, 1.165) is 12.2 Å². The average molecular weight is 265 g/mol. The van der Waals surface area contributed by atoms with Crippen LogP contribution in [-0.4, -0.2) is 21.1 Å². The molecule has 0 aliphatic heterocycles. The first-order valence-electron chi connectivity index (χ1n) is 6.47. The highest BCUT2D eigenvalue weighted by Crippen LogP contribution is 2.49. The quantitative estimate of drug-likeness (QED) is 0.900. The Labute approximate surface area is 111 Å². The standard InChI is InChI=1S/C13H17ClN4/c1-2-5-13(6-7-13)9-15-12-16-11-4-3-10(14)8-18(11)17-12/h3-4,8H,2,5-7,9H2,1H3,(H,15,17). The molecule has 0 saturated heterocycles. The molecule has 96 valence electrons. The van der Waals surface area contributed by atoms with Crippen LogP contribution in [0, 0.1) is 5.41 Å². The maximum Gasteiger partial charge on any atom is 0.243 e. The lowest BCUT2D eigenvalue weighted by Crippen LogP contribution is -2.15. The summed E-state index contributed by atoms with van der Waals surface area (Å²) in [5.41, 5.74) is 1.33. The van der Waals surface area contributed by atoms with Crippen LogP contribution in [0.3, 0.4) is 0 Å². The molecule has 18 heavy (non-hydrogen) atoms. The monoisotopic (exact) mass is 264 g/mol. The van der Waals surface area contributed by atoms with Gasteiger partial charge in [-0.3, -0.25) is 0 Å². The largest absolute Gasteiger partial charge is 0.352 e. The van der Waals surface area contributed by atoms with Crippen molar-refractivity contribution in [3.05, 3.63) is 23.4 Å². The molecule has 1 N–H and O–H groups in total. The fourth-order valence-electron chi connectivity index (χ4n) is 2.42. The van der Waals surface area contributed by atoms with Gasteiger partial charge in [0.2, 0.25) is 5.95 Å². The van der Waals surface area contributed by atoms with E-state index in [1.807, 2.05) is 12.1 Å². The number of aromatic nitrogens is 3. The molecule has 1 saturated carbocycles. The second-order valence-corrected chi connectivity index (χ2v) is 5.63. The summed E-state index contributed by atoms with van der Waals surface area (Å²) >= 11 is 5.92. The molecule has 0 bridgehead atoms. The van der Waals surface area contributed by atoms with Crippen molar-refractivity contribution >= 4 is 23.2 Å². The van der Waals surface area contributed by atoms with Crippen molar-refractivity contribution in [1.29, 1.82) is 0 Å². The molecule has 4 nitrogen and oxygen atoms in total. The van der Waals surface area contributed by atoms with Crippen molar-refractivity contribution < 1.29 is 0 Å². The predicted molar refractivity (Wildman–Crippen MR) is 73.1 cm³/mol. The van der Waals surface area contributed by atoms with E-state index in [4.69, 9.17) is 11.6 Å². The van der Waals surface area contributed by atoms with Crippen molar-refractivity contribution in [2.75, 3.05) is 11.9 Å². The highest BCUT2D eigenvalue weighted by molar-refractivity contribution is 6.30. The minimum atomic E-state index is 0.504. The van der Waals surface area contributed by atoms with Crippen LogP contribution in [0.2, 0.25) is 5.02 Å². The zero-order chi connectivity index (χ0) is 12.6. The highest BCUT2D eigenvalue weighted by Gasteiger charge is 2.41. The Bertz CT molecular complexity index is 559. The number of rotatable bonds is 5. The van der Waals surface area contributed by atoms with Crippen molar-refractivity contribution in [2.45, 2.75) is 32.6 Å². The lowest BCUT2D eigenvalue weighted by molar-refractivity contribution is 0.484. The molecule has 1 aliphatic carbocycles. The van der Waals surface area contributed by atoms with Crippen LogP contribution in [-0.2, 0) is 0 Å². The minimum Gasteiger partial charge on any atom is -0.352 e. The number of hydrogen-bond acceptors (Lipinski definition) is 3. The maximum atomic E-state index is 5.92. The molecule has 0 amide bonds. The first kappa shape index (κ1) is 11.8. The molecular weight excluding hydrogens is 248 g/mol. The van der Waals surface area contributed by atoms with E-state index in [0.29, 0.717) is 16.4 Å². The van der Waals surface area contributed by atoms with Gasteiger partial charge in [-0.25, -0.2) is 4.52 Å². The number of nitrogens with one attached hydrogen (secondary N) is 1. The Morgan fingerprint density at radius 3 is 3.00 bits per heavy atom. The van der Waals surface area contributed by atoms with E-state index in [1.165, 1.54) is 25.7 Å². The van der Waals surface area contributed by atoms with Gasteiger partial charge < -0.3 is 5.32 Å². The SMILES string of the molecule is CCCC1(CNc2nc3ccc(Cl)cn3n2)CC1. The molecule has 3 rings (SSSR count). The van der Waals surface area contributed by atoms with Crippen LogP contribution >= 0.6 is 11.6 Å². The van der Waals surface area contributed by atoms with E-state index >= 15 is 0 Å². The van der Waals surface area contributed by atoms with Crippen LogP contribution in [0.5, 0.6) is 0 Å². The number of nitrogens with zero attached hydrogens (tertiary/aromatic N) is 3. The summed E-state index contributed by atoms with van der Waals surface area (Å²) in [6.07, 6.45) is 6.96. The molecule has 2 aromatic heterocycles. The van der Waals surface area contributed by atoms with E-state index in [-0.39, 0.29) is 0 Å². The Morgan fingerprint density at radius 1 is 1.44 bits per heavy atom. The Morgan fingerprint density at radius 2 is 2.28 bits per heavy atom. The van der Waals surface area contributed by atoms with Crippen LogP contribution in [0.15, 0.2) is 18.3 Å². The van der Waals surface area contributed by atoms with Gasteiger partial charge >= 0.3 is 0 Å². The molecule has 0 unspecified atom stereocenters. The van der Waals surface area contributed by atoms with Crippen molar-refractivity contribution in [3.63, 3.8) is 0 Å². The summed E-state index contributed by atoms with van der Waals surface area (Å²) in [6.45, 7) is 3.22. The molecule has 5 heteroatoms. The number of pyridine rings is 1. The highest BCUT2D eigenvalue weighted by atomic mass is 35.5. The second-order valence-electron chi connectivity index (χ2n) is 5.19. The lowest BCUT2D eigenvalue weighted by atomic mass is 10.0. The molecule has 2 heterocycles. The van der Waals surface area contributed by atoms with Gasteiger partial charge in [0.05, 0.1) is 5.02 Å². The molecule has 0 atom stereocenters. The van der Waals surface area contributed by atoms with Crippen LogP contribution in [0.4, 0.5) is 5.95 Å². The number of hydrogen-bond donors (Lipinski definition) is 1. The first-order chi connectivity index (χ1) is 8.71. The molecule has 1 aliphatic rings. The van der Waals surface area contributed by atoms with E-state index in [2.05, 4.69) is 22.3 Å². The van der Waals surface area contributed by atoms with Crippen molar-refractivity contribution in [3.8, 4) is 0 Å². The van der Waals surface area contributed by atoms with Gasteiger partial charge in [-0.15, -0.1) is 5.10 Å². The Balaban J connectivity index is 1.71. The summed E-state index contributed by atoms with van der Waals surface area (Å²) < 4.78 is 1.71. The summed E-state index contributed by atoms with van der Waals surface area (Å²) in [7, 11) is 0. The van der Waals surface area contributed by atoms with Crippen LogP contribution in [0.1, 0.15) is 32.6 Å². The number of anilines is 1. The second kappa shape index (κ2) is 4.43. The van der Waals surface area contributed by atoms with E-state index in [9.17, 15) is 0 Å². The lowest BCUT2D eigenvalue weighted by Gasteiger charge is -2.13. The molecule has 0 aromatic carbocycles.